The van der Waals surface area contributed by atoms with Crippen LogP contribution in [0, 0.1) is 18.8 Å². The third-order valence-electron chi connectivity index (χ3n) is 4.40. The van der Waals surface area contributed by atoms with Crippen molar-refractivity contribution in [2.45, 2.75) is 46.0 Å². The fourth-order valence-electron chi connectivity index (χ4n) is 3.27. The summed E-state index contributed by atoms with van der Waals surface area (Å²) >= 11 is 0. The van der Waals surface area contributed by atoms with Gasteiger partial charge in [-0.3, -0.25) is 0 Å². The second-order valence-electron chi connectivity index (χ2n) is 6.31. The molecule has 100 valence electrons. The smallest absolute Gasteiger partial charge is 0.0112 e. The van der Waals surface area contributed by atoms with Crippen LogP contribution < -0.4 is 5.32 Å². The Morgan fingerprint density at radius 1 is 1.33 bits per heavy atom. The van der Waals surface area contributed by atoms with Crippen LogP contribution in [-0.4, -0.2) is 13.1 Å². The van der Waals surface area contributed by atoms with Crippen molar-refractivity contribution in [2.24, 2.45) is 11.8 Å². The third-order valence-corrected chi connectivity index (χ3v) is 4.40. The SMILES string of the molecule is CCC1CC1(CNCC(C)C)c1ccccc1C. The molecule has 18 heavy (non-hydrogen) atoms. The molecule has 0 saturated heterocycles. The number of hydrogen-bond acceptors (Lipinski definition) is 1. The van der Waals surface area contributed by atoms with Gasteiger partial charge in [0.1, 0.15) is 0 Å². The summed E-state index contributed by atoms with van der Waals surface area (Å²) in [7, 11) is 0. The lowest BCUT2D eigenvalue weighted by Crippen LogP contribution is -2.31. The molecule has 1 nitrogen and oxygen atoms in total. The molecular formula is C17H27N. The molecule has 1 aliphatic rings. The zero-order valence-corrected chi connectivity index (χ0v) is 12.3. The fourth-order valence-corrected chi connectivity index (χ4v) is 3.27. The van der Waals surface area contributed by atoms with Gasteiger partial charge in [-0.25, -0.2) is 0 Å². The minimum atomic E-state index is 0.426. The first kappa shape index (κ1) is 13.6. The third kappa shape index (κ3) is 2.61. The molecule has 1 N–H and O–H groups in total. The standard InChI is InChI=1S/C17H27N/c1-5-15-10-17(15,12-18-11-13(2)3)16-9-7-6-8-14(16)4/h6-9,13,15,18H,5,10-12H2,1-4H3. The summed E-state index contributed by atoms with van der Waals surface area (Å²) in [6, 6.07) is 8.93. The molecule has 1 aromatic rings. The zero-order valence-electron chi connectivity index (χ0n) is 12.3. The van der Waals surface area contributed by atoms with Crippen molar-refractivity contribution >= 4 is 0 Å². The van der Waals surface area contributed by atoms with Crippen LogP contribution in [0.2, 0.25) is 0 Å². The Hall–Kier alpha value is -0.820. The predicted molar refractivity (Wildman–Crippen MR) is 79.0 cm³/mol. The molecule has 2 unspecified atom stereocenters. The molecule has 0 spiro atoms. The highest BCUT2D eigenvalue weighted by atomic mass is 14.9. The van der Waals surface area contributed by atoms with E-state index in [-0.39, 0.29) is 0 Å². The van der Waals surface area contributed by atoms with E-state index in [9.17, 15) is 0 Å². The van der Waals surface area contributed by atoms with Gasteiger partial charge in [-0.2, -0.15) is 0 Å². The molecule has 2 rings (SSSR count). The quantitative estimate of drug-likeness (QED) is 0.801. The highest BCUT2D eigenvalue weighted by molar-refractivity contribution is 5.40. The maximum Gasteiger partial charge on any atom is 0.0112 e. The number of aryl methyl sites for hydroxylation is 1. The molecule has 1 saturated carbocycles. The monoisotopic (exact) mass is 245 g/mol. The van der Waals surface area contributed by atoms with Crippen LogP contribution in [-0.2, 0) is 5.41 Å². The first-order valence-corrected chi connectivity index (χ1v) is 7.37. The maximum absolute atomic E-state index is 3.68. The Morgan fingerprint density at radius 3 is 2.61 bits per heavy atom. The van der Waals surface area contributed by atoms with Crippen LogP contribution in [0.1, 0.15) is 44.7 Å². The number of benzene rings is 1. The first-order valence-electron chi connectivity index (χ1n) is 7.37. The number of hydrogen-bond donors (Lipinski definition) is 1. The predicted octanol–water partition coefficient (Wildman–Crippen LogP) is 3.91. The van der Waals surface area contributed by atoms with E-state index in [4.69, 9.17) is 0 Å². The van der Waals surface area contributed by atoms with E-state index in [0.29, 0.717) is 5.41 Å². The molecule has 1 fully saturated rings. The molecule has 1 aromatic carbocycles. The van der Waals surface area contributed by atoms with Crippen molar-refractivity contribution in [3.63, 3.8) is 0 Å². The van der Waals surface area contributed by atoms with Gasteiger partial charge in [0.2, 0.25) is 0 Å². The normalized spacial score (nSPS) is 26.6. The summed E-state index contributed by atoms with van der Waals surface area (Å²) in [5.41, 5.74) is 3.46. The Balaban J connectivity index is 2.11. The molecule has 0 radical (unpaired) electrons. The van der Waals surface area contributed by atoms with Crippen LogP contribution in [0.25, 0.3) is 0 Å². The van der Waals surface area contributed by atoms with Gasteiger partial charge in [0.25, 0.3) is 0 Å². The highest BCUT2D eigenvalue weighted by Gasteiger charge is 2.53. The number of nitrogens with one attached hydrogen (secondary N) is 1. The van der Waals surface area contributed by atoms with Crippen molar-refractivity contribution in [3.8, 4) is 0 Å². The van der Waals surface area contributed by atoms with E-state index in [0.717, 1.165) is 24.9 Å². The molecule has 0 heterocycles. The lowest BCUT2D eigenvalue weighted by atomic mass is 9.88. The van der Waals surface area contributed by atoms with Crippen molar-refractivity contribution in [1.82, 2.24) is 5.32 Å². The summed E-state index contributed by atoms with van der Waals surface area (Å²) in [6.07, 6.45) is 2.66. The van der Waals surface area contributed by atoms with Gasteiger partial charge in [-0.1, -0.05) is 51.5 Å². The molecule has 1 heteroatoms. The van der Waals surface area contributed by atoms with Gasteiger partial charge in [-0.05, 0) is 42.9 Å². The van der Waals surface area contributed by atoms with E-state index in [1.54, 1.807) is 5.56 Å². The molecule has 0 amide bonds. The van der Waals surface area contributed by atoms with E-state index < -0.39 is 0 Å². The molecule has 0 bridgehead atoms. The van der Waals surface area contributed by atoms with Gasteiger partial charge in [0.05, 0.1) is 0 Å². The fraction of sp³-hybridized carbons (Fsp3) is 0.647. The van der Waals surface area contributed by atoms with Crippen molar-refractivity contribution in [2.75, 3.05) is 13.1 Å². The van der Waals surface area contributed by atoms with E-state index in [1.165, 1.54) is 18.4 Å². The minimum absolute atomic E-state index is 0.426. The van der Waals surface area contributed by atoms with Gasteiger partial charge >= 0.3 is 0 Å². The van der Waals surface area contributed by atoms with Crippen molar-refractivity contribution < 1.29 is 0 Å². The van der Waals surface area contributed by atoms with Gasteiger partial charge in [0.15, 0.2) is 0 Å². The van der Waals surface area contributed by atoms with Crippen LogP contribution in [0.5, 0.6) is 0 Å². The topological polar surface area (TPSA) is 12.0 Å². The largest absolute Gasteiger partial charge is 0.316 e. The van der Waals surface area contributed by atoms with E-state index in [1.807, 2.05) is 0 Å². The summed E-state index contributed by atoms with van der Waals surface area (Å²) in [6.45, 7) is 11.4. The Bertz CT molecular complexity index is 396. The Morgan fingerprint density at radius 2 is 2.06 bits per heavy atom. The summed E-state index contributed by atoms with van der Waals surface area (Å²) in [5.74, 6) is 1.61. The Labute approximate surface area is 112 Å². The van der Waals surface area contributed by atoms with Gasteiger partial charge < -0.3 is 5.32 Å². The van der Waals surface area contributed by atoms with Gasteiger partial charge in [-0.15, -0.1) is 0 Å². The van der Waals surface area contributed by atoms with Crippen LogP contribution in [0.15, 0.2) is 24.3 Å². The first-order chi connectivity index (χ1) is 8.60. The van der Waals surface area contributed by atoms with E-state index >= 15 is 0 Å². The van der Waals surface area contributed by atoms with E-state index in [2.05, 4.69) is 57.3 Å². The molecule has 2 atom stereocenters. The second kappa shape index (κ2) is 5.44. The van der Waals surface area contributed by atoms with Crippen molar-refractivity contribution in [3.05, 3.63) is 35.4 Å². The highest BCUT2D eigenvalue weighted by Crippen LogP contribution is 2.56. The number of rotatable bonds is 6. The molecular weight excluding hydrogens is 218 g/mol. The summed E-state index contributed by atoms with van der Waals surface area (Å²) in [4.78, 5) is 0. The molecule has 0 aliphatic heterocycles. The van der Waals surface area contributed by atoms with Crippen LogP contribution in [0.4, 0.5) is 0 Å². The summed E-state index contributed by atoms with van der Waals surface area (Å²) < 4.78 is 0. The molecule has 1 aliphatic carbocycles. The summed E-state index contributed by atoms with van der Waals surface area (Å²) in [5, 5.41) is 3.68. The minimum Gasteiger partial charge on any atom is -0.316 e. The molecule has 0 aromatic heterocycles. The van der Waals surface area contributed by atoms with Gasteiger partial charge in [0, 0.05) is 12.0 Å². The second-order valence-corrected chi connectivity index (χ2v) is 6.31. The average molecular weight is 245 g/mol. The zero-order chi connectivity index (χ0) is 13.2. The van der Waals surface area contributed by atoms with Crippen LogP contribution in [0.3, 0.4) is 0 Å². The lowest BCUT2D eigenvalue weighted by Gasteiger charge is -2.21. The maximum atomic E-state index is 3.68. The van der Waals surface area contributed by atoms with Crippen LogP contribution >= 0.6 is 0 Å². The van der Waals surface area contributed by atoms with Crippen molar-refractivity contribution in [1.29, 1.82) is 0 Å². The Kier molecular flexibility index (Phi) is 4.11. The average Bonchev–Trinajstić information content (AvgIpc) is 3.04. The lowest BCUT2D eigenvalue weighted by molar-refractivity contribution is 0.482.